The number of anilines is 1. The summed E-state index contributed by atoms with van der Waals surface area (Å²) < 4.78 is 0. The first kappa shape index (κ1) is 14.5. The maximum Gasteiger partial charge on any atom is 0.251 e. The molecule has 2 aromatic carbocycles. The van der Waals surface area contributed by atoms with Gasteiger partial charge in [0.2, 0.25) is 0 Å². The van der Waals surface area contributed by atoms with Crippen molar-refractivity contribution < 1.29 is 4.79 Å². The molecule has 0 radical (unpaired) electrons. The molecule has 2 rings (SSSR count). The Morgan fingerprint density at radius 2 is 1.80 bits per heavy atom. The van der Waals surface area contributed by atoms with Crippen LogP contribution in [0.3, 0.4) is 0 Å². The maximum absolute atomic E-state index is 11.6. The van der Waals surface area contributed by atoms with Gasteiger partial charge in [-0.25, -0.2) is 0 Å². The summed E-state index contributed by atoms with van der Waals surface area (Å²) in [5.41, 5.74) is 9.71. The number of hydrogen-bond donors (Lipinski definition) is 2. The standard InChI is InChI=1S/C16H18N2OS/c1-10-4-6-14(11(2)8-10)20-15-7-5-12(9-13(15)17)16(19)18-3/h4-9H,17H2,1-3H3,(H,18,19). The molecule has 104 valence electrons. The second-order valence-corrected chi connectivity index (χ2v) is 5.79. The Hall–Kier alpha value is -1.94. The van der Waals surface area contributed by atoms with E-state index in [4.69, 9.17) is 5.73 Å². The summed E-state index contributed by atoms with van der Waals surface area (Å²) in [5.74, 6) is -0.125. The highest BCUT2D eigenvalue weighted by atomic mass is 32.2. The van der Waals surface area contributed by atoms with Gasteiger partial charge in [-0.15, -0.1) is 0 Å². The van der Waals surface area contributed by atoms with Crippen LogP contribution in [0.25, 0.3) is 0 Å². The van der Waals surface area contributed by atoms with Crippen LogP contribution in [0.1, 0.15) is 21.5 Å². The molecule has 1 amide bonds. The average Bonchev–Trinajstić information content (AvgIpc) is 2.42. The van der Waals surface area contributed by atoms with Gasteiger partial charge in [0.25, 0.3) is 5.91 Å². The largest absolute Gasteiger partial charge is 0.398 e. The van der Waals surface area contributed by atoms with Crippen LogP contribution in [-0.4, -0.2) is 13.0 Å². The van der Waals surface area contributed by atoms with E-state index in [9.17, 15) is 4.79 Å². The Labute approximate surface area is 123 Å². The fourth-order valence-corrected chi connectivity index (χ4v) is 2.87. The molecule has 3 N–H and O–H groups in total. The molecule has 20 heavy (non-hydrogen) atoms. The number of carbonyl (C=O) groups is 1. The molecule has 2 aromatic rings. The Kier molecular flexibility index (Phi) is 4.35. The SMILES string of the molecule is CNC(=O)c1ccc(Sc2ccc(C)cc2C)c(N)c1. The van der Waals surface area contributed by atoms with Gasteiger partial charge in [-0.1, -0.05) is 29.5 Å². The quantitative estimate of drug-likeness (QED) is 0.850. The van der Waals surface area contributed by atoms with Crippen molar-refractivity contribution in [3.05, 3.63) is 53.1 Å². The van der Waals surface area contributed by atoms with Crippen LogP contribution in [-0.2, 0) is 0 Å². The lowest BCUT2D eigenvalue weighted by Crippen LogP contribution is -2.17. The summed E-state index contributed by atoms with van der Waals surface area (Å²) in [7, 11) is 1.61. The summed E-state index contributed by atoms with van der Waals surface area (Å²) in [5, 5.41) is 2.59. The molecule has 0 bridgehead atoms. The first-order chi connectivity index (χ1) is 9.51. The zero-order valence-corrected chi connectivity index (χ0v) is 12.7. The summed E-state index contributed by atoms with van der Waals surface area (Å²) in [6.45, 7) is 4.17. The number of aryl methyl sites for hydroxylation is 2. The number of nitrogen functional groups attached to an aromatic ring is 1. The lowest BCUT2D eigenvalue weighted by molar-refractivity contribution is 0.0963. The minimum Gasteiger partial charge on any atom is -0.398 e. The zero-order chi connectivity index (χ0) is 14.7. The third kappa shape index (κ3) is 3.14. The lowest BCUT2D eigenvalue weighted by atomic mass is 10.2. The molecule has 0 saturated heterocycles. The monoisotopic (exact) mass is 286 g/mol. The molecule has 0 spiro atoms. The highest BCUT2D eigenvalue weighted by molar-refractivity contribution is 7.99. The van der Waals surface area contributed by atoms with Crippen molar-refractivity contribution >= 4 is 23.4 Å². The van der Waals surface area contributed by atoms with Crippen LogP contribution < -0.4 is 11.1 Å². The molecule has 0 saturated carbocycles. The number of benzene rings is 2. The van der Waals surface area contributed by atoms with E-state index < -0.39 is 0 Å². The van der Waals surface area contributed by atoms with E-state index in [0.717, 1.165) is 4.90 Å². The molecule has 0 aliphatic heterocycles. The third-order valence-corrected chi connectivity index (χ3v) is 4.32. The van der Waals surface area contributed by atoms with Crippen molar-refractivity contribution in [1.29, 1.82) is 0 Å². The highest BCUT2D eigenvalue weighted by Crippen LogP contribution is 2.34. The third-order valence-electron chi connectivity index (χ3n) is 3.05. The van der Waals surface area contributed by atoms with Gasteiger partial charge in [0.05, 0.1) is 0 Å². The number of rotatable bonds is 3. The van der Waals surface area contributed by atoms with E-state index in [1.54, 1.807) is 30.9 Å². The van der Waals surface area contributed by atoms with Gasteiger partial charge in [-0.05, 0) is 43.7 Å². The topological polar surface area (TPSA) is 55.1 Å². The Bertz CT molecular complexity index is 653. The van der Waals surface area contributed by atoms with Crippen molar-refractivity contribution in [3.8, 4) is 0 Å². The molecule has 0 aliphatic rings. The van der Waals surface area contributed by atoms with Crippen LogP contribution in [0.2, 0.25) is 0 Å². The van der Waals surface area contributed by atoms with Crippen LogP contribution in [0.4, 0.5) is 5.69 Å². The molecule has 0 atom stereocenters. The normalized spacial score (nSPS) is 10.3. The zero-order valence-electron chi connectivity index (χ0n) is 11.9. The summed E-state index contributed by atoms with van der Waals surface area (Å²) in [6, 6.07) is 11.7. The number of amides is 1. The minimum absolute atomic E-state index is 0.125. The molecular weight excluding hydrogens is 268 g/mol. The number of nitrogens with one attached hydrogen (secondary N) is 1. The molecule has 3 nitrogen and oxygen atoms in total. The lowest BCUT2D eigenvalue weighted by Gasteiger charge is -2.10. The van der Waals surface area contributed by atoms with Gasteiger partial charge in [0.15, 0.2) is 0 Å². The molecule has 4 heteroatoms. The Morgan fingerprint density at radius 3 is 2.40 bits per heavy atom. The van der Waals surface area contributed by atoms with Crippen molar-refractivity contribution in [2.45, 2.75) is 23.6 Å². The van der Waals surface area contributed by atoms with E-state index in [-0.39, 0.29) is 5.91 Å². The number of nitrogens with two attached hydrogens (primary N) is 1. The molecule has 0 heterocycles. The Balaban J connectivity index is 2.28. The van der Waals surface area contributed by atoms with E-state index in [1.807, 2.05) is 6.07 Å². The van der Waals surface area contributed by atoms with Gasteiger partial charge in [0.1, 0.15) is 0 Å². The summed E-state index contributed by atoms with van der Waals surface area (Å²) in [4.78, 5) is 13.7. The van der Waals surface area contributed by atoms with Crippen molar-refractivity contribution in [2.75, 3.05) is 12.8 Å². The second-order valence-electron chi connectivity index (χ2n) is 4.70. The minimum atomic E-state index is -0.125. The van der Waals surface area contributed by atoms with Crippen LogP contribution in [0.5, 0.6) is 0 Å². The molecule has 0 aromatic heterocycles. The van der Waals surface area contributed by atoms with Crippen LogP contribution in [0.15, 0.2) is 46.2 Å². The van der Waals surface area contributed by atoms with E-state index in [2.05, 4.69) is 37.4 Å². The van der Waals surface area contributed by atoms with E-state index in [1.165, 1.54) is 16.0 Å². The van der Waals surface area contributed by atoms with Crippen LogP contribution >= 0.6 is 11.8 Å². The summed E-state index contributed by atoms with van der Waals surface area (Å²) >= 11 is 1.62. The molecule has 0 aliphatic carbocycles. The first-order valence-electron chi connectivity index (χ1n) is 6.38. The average molecular weight is 286 g/mol. The van der Waals surface area contributed by atoms with Crippen molar-refractivity contribution in [3.63, 3.8) is 0 Å². The smallest absolute Gasteiger partial charge is 0.251 e. The van der Waals surface area contributed by atoms with Crippen molar-refractivity contribution in [1.82, 2.24) is 5.32 Å². The van der Waals surface area contributed by atoms with E-state index >= 15 is 0 Å². The van der Waals surface area contributed by atoms with Gasteiger partial charge >= 0.3 is 0 Å². The fraction of sp³-hybridized carbons (Fsp3) is 0.188. The first-order valence-corrected chi connectivity index (χ1v) is 7.19. The predicted molar refractivity (Wildman–Crippen MR) is 84.3 cm³/mol. The van der Waals surface area contributed by atoms with Gasteiger partial charge in [-0.2, -0.15) is 0 Å². The van der Waals surface area contributed by atoms with Crippen LogP contribution in [0, 0.1) is 13.8 Å². The highest BCUT2D eigenvalue weighted by Gasteiger charge is 2.08. The van der Waals surface area contributed by atoms with Gasteiger partial charge in [0, 0.05) is 28.1 Å². The van der Waals surface area contributed by atoms with Gasteiger partial charge in [-0.3, -0.25) is 4.79 Å². The molecule has 0 fully saturated rings. The van der Waals surface area contributed by atoms with Crippen molar-refractivity contribution in [2.24, 2.45) is 0 Å². The molecule has 0 unspecified atom stereocenters. The van der Waals surface area contributed by atoms with E-state index in [0.29, 0.717) is 11.3 Å². The number of hydrogen-bond acceptors (Lipinski definition) is 3. The fourth-order valence-electron chi connectivity index (χ4n) is 1.96. The second kappa shape index (κ2) is 6.01. The maximum atomic E-state index is 11.6. The summed E-state index contributed by atoms with van der Waals surface area (Å²) in [6.07, 6.45) is 0. The van der Waals surface area contributed by atoms with Gasteiger partial charge < -0.3 is 11.1 Å². The Morgan fingerprint density at radius 1 is 1.10 bits per heavy atom. The number of carbonyl (C=O) groups excluding carboxylic acids is 1. The molecular formula is C16H18N2OS. The predicted octanol–water partition coefficient (Wildman–Crippen LogP) is 3.40.